The smallest absolute Gasteiger partial charge is 0.131 e. The van der Waals surface area contributed by atoms with Gasteiger partial charge < -0.3 is 9.53 Å². The number of ether oxygens (including phenoxy) is 1. The third kappa shape index (κ3) is 2.33. The van der Waals surface area contributed by atoms with Gasteiger partial charge in [-0.05, 0) is 17.7 Å². The van der Waals surface area contributed by atoms with Crippen LogP contribution in [0.1, 0.15) is 28.5 Å². The highest BCUT2D eigenvalue weighted by Gasteiger charge is 2.33. The molecule has 23 heavy (non-hydrogen) atoms. The number of carbonyl (C=O) groups is 1. The lowest BCUT2D eigenvalue weighted by atomic mass is 9.76. The summed E-state index contributed by atoms with van der Waals surface area (Å²) in [4.78, 5) is 12.0. The summed E-state index contributed by atoms with van der Waals surface area (Å²) in [6.45, 7) is 0. The number of hydrogen-bond acceptors (Lipinski definition) is 2. The van der Waals surface area contributed by atoms with Crippen LogP contribution in [0.15, 0.2) is 78.9 Å². The van der Waals surface area contributed by atoms with Crippen LogP contribution in [-0.2, 0) is 4.79 Å². The molecule has 0 saturated heterocycles. The second kappa shape index (κ2) is 5.73. The van der Waals surface area contributed by atoms with Gasteiger partial charge in [-0.3, -0.25) is 0 Å². The molecule has 0 saturated carbocycles. The van der Waals surface area contributed by atoms with Crippen LogP contribution in [0, 0.1) is 0 Å². The zero-order chi connectivity index (χ0) is 15.6. The largest absolute Gasteiger partial charge is 0.457 e. The quantitative estimate of drug-likeness (QED) is 0.643. The number of carbonyl (C=O) groups excluding carboxylic acids is 1. The van der Waals surface area contributed by atoms with E-state index in [1.807, 2.05) is 66.7 Å². The minimum absolute atomic E-state index is 0.0314. The highest BCUT2D eigenvalue weighted by atomic mass is 16.5. The number of hydrogen-bond donors (Lipinski definition) is 0. The van der Waals surface area contributed by atoms with E-state index < -0.39 is 0 Å². The Bertz CT molecular complexity index is 794. The average molecular weight is 300 g/mol. The molecule has 1 aliphatic heterocycles. The number of para-hydroxylation sites is 2. The van der Waals surface area contributed by atoms with Crippen LogP contribution in [0.3, 0.4) is 0 Å². The Labute approximate surface area is 135 Å². The van der Waals surface area contributed by atoms with Crippen molar-refractivity contribution in [3.8, 4) is 11.5 Å². The van der Waals surface area contributed by atoms with Gasteiger partial charge >= 0.3 is 0 Å². The maximum atomic E-state index is 12.0. The molecular weight excluding hydrogens is 284 g/mol. The molecule has 2 heteroatoms. The van der Waals surface area contributed by atoms with Gasteiger partial charge in [0.05, 0.1) is 5.92 Å². The van der Waals surface area contributed by atoms with Crippen LogP contribution in [0.5, 0.6) is 11.5 Å². The highest BCUT2D eigenvalue weighted by molar-refractivity contribution is 5.69. The Morgan fingerprint density at radius 3 is 1.83 bits per heavy atom. The van der Waals surface area contributed by atoms with Crippen LogP contribution in [-0.4, -0.2) is 6.29 Å². The van der Waals surface area contributed by atoms with Gasteiger partial charge in [0, 0.05) is 17.0 Å². The van der Waals surface area contributed by atoms with Crippen molar-refractivity contribution in [2.45, 2.75) is 11.8 Å². The van der Waals surface area contributed by atoms with E-state index in [1.165, 1.54) is 0 Å². The fourth-order valence-electron chi connectivity index (χ4n) is 3.36. The molecule has 0 aliphatic carbocycles. The minimum atomic E-state index is -0.234. The molecule has 3 aromatic carbocycles. The molecule has 1 atom stereocenters. The Morgan fingerprint density at radius 1 is 0.739 bits per heavy atom. The Morgan fingerprint density at radius 2 is 1.26 bits per heavy atom. The zero-order valence-corrected chi connectivity index (χ0v) is 12.6. The van der Waals surface area contributed by atoms with E-state index in [-0.39, 0.29) is 11.8 Å². The summed E-state index contributed by atoms with van der Waals surface area (Å²) >= 11 is 0. The molecule has 0 spiro atoms. The van der Waals surface area contributed by atoms with E-state index in [9.17, 15) is 4.79 Å². The van der Waals surface area contributed by atoms with Crippen molar-refractivity contribution in [1.82, 2.24) is 0 Å². The topological polar surface area (TPSA) is 26.3 Å². The van der Waals surface area contributed by atoms with Gasteiger partial charge in [-0.2, -0.15) is 0 Å². The fraction of sp³-hybridized carbons (Fsp3) is 0.0952. The lowest BCUT2D eigenvalue weighted by Gasteiger charge is -2.31. The van der Waals surface area contributed by atoms with Gasteiger partial charge in [-0.15, -0.1) is 0 Å². The first kappa shape index (κ1) is 13.8. The minimum Gasteiger partial charge on any atom is -0.457 e. The predicted octanol–water partition coefficient (Wildman–Crippen LogP) is 4.91. The second-order valence-electron chi connectivity index (χ2n) is 5.73. The Hall–Kier alpha value is -2.87. The van der Waals surface area contributed by atoms with Crippen molar-refractivity contribution >= 4 is 6.29 Å². The van der Waals surface area contributed by atoms with Crippen LogP contribution >= 0.6 is 0 Å². The summed E-state index contributed by atoms with van der Waals surface area (Å²) in [5.41, 5.74) is 3.15. The zero-order valence-electron chi connectivity index (χ0n) is 12.6. The van der Waals surface area contributed by atoms with Crippen molar-refractivity contribution in [2.24, 2.45) is 0 Å². The molecule has 112 valence electrons. The van der Waals surface area contributed by atoms with E-state index in [0.29, 0.717) is 0 Å². The molecule has 0 aromatic heterocycles. The standard InChI is InChI=1S/C21H16O2/c22-14-18(15-8-2-1-3-9-15)21-16-10-4-6-12-19(16)23-20-13-7-5-11-17(20)21/h1-14,18,21H. The molecule has 0 bridgehead atoms. The lowest BCUT2D eigenvalue weighted by Crippen LogP contribution is -2.18. The number of fused-ring (bicyclic) bond motifs is 2. The molecule has 1 unspecified atom stereocenters. The molecular formula is C21H16O2. The Kier molecular flexibility index (Phi) is 3.43. The van der Waals surface area contributed by atoms with E-state index in [1.54, 1.807) is 0 Å². The second-order valence-corrected chi connectivity index (χ2v) is 5.73. The highest BCUT2D eigenvalue weighted by Crippen LogP contribution is 2.49. The normalized spacial score (nSPS) is 14.3. The van der Waals surface area contributed by atoms with Crippen LogP contribution in [0.25, 0.3) is 0 Å². The van der Waals surface area contributed by atoms with Gasteiger partial charge in [0.15, 0.2) is 0 Å². The van der Waals surface area contributed by atoms with E-state index in [0.717, 1.165) is 34.5 Å². The van der Waals surface area contributed by atoms with Crippen molar-refractivity contribution < 1.29 is 9.53 Å². The monoisotopic (exact) mass is 300 g/mol. The maximum Gasteiger partial charge on any atom is 0.131 e. The number of rotatable bonds is 3. The summed E-state index contributed by atoms with van der Waals surface area (Å²) < 4.78 is 6.02. The molecule has 1 heterocycles. The van der Waals surface area contributed by atoms with Crippen molar-refractivity contribution in [1.29, 1.82) is 0 Å². The first-order valence-corrected chi connectivity index (χ1v) is 7.74. The van der Waals surface area contributed by atoms with Gasteiger partial charge in [0.2, 0.25) is 0 Å². The van der Waals surface area contributed by atoms with E-state index >= 15 is 0 Å². The summed E-state index contributed by atoms with van der Waals surface area (Å²) in [6, 6.07) is 25.9. The van der Waals surface area contributed by atoms with Gasteiger partial charge in [-0.25, -0.2) is 0 Å². The molecule has 0 N–H and O–H groups in total. The fourth-order valence-corrected chi connectivity index (χ4v) is 3.36. The van der Waals surface area contributed by atoms with Crippen LogP contribution in [0.4, 0.5) is 0 Å². The molecule has 0 radical (unpaired) electrons. The van der Waals surface area contributed by atoms with Crippen molar-refractivity contribution in [3.05, 3.63) is 95.6 Å². The van der Waals surface area contributed by atoms with Gasteiger partial charge in [-0.1, -0.05) is 66.7 Å². The average Bonchev–Trinajstić information content (AvgIpc) is 2.62. The molecule has 3 aromatic rings. The van der Waals surface area contributed by atoms with Gasteiger partial charge in [0.25, 0.3) is 0 Å². The van der Waals surface area contributed by atoms with Crippen molar-refractivity contribution in [3.63, 3.8) is 0 Å². The molecule has 1 aliphatic rings. The van der Waals surface area contributed by atoms with Crippen LogP contribution in [0.2, 0.25) is 0 Å². The first-order valence-electron chi connectivity index (χ1n) is 7.74. The number of benzene rings is 3. The van der Waals surface area contributed by atoms with Gasteiger partial charge in [0.1, 0.15) is 17.8 Å². The van der Waals surface area contributed by atoms with E-state index in [4.69, 9.17) is 4.74 Å². The Balaban J connectivity index is 1.92. The molecule has 4 rings (SSSR count). The summed E-state index contributed by atoms with van der Waals surface area (Å²) in [7, 11) is 0. The van der Waals surface area contributed by atoms with E-state index in [2.05, 4.69) is 12.1 Å². The third-order valence-corrected chi connectivity index (χ3v) is 4.42. The first-order chi connectivity index (χ1) is 11.4. The summed E-state index contributed by atoms with van der Waals surface area (Å²) in [5, 5.41) is 0. The lowest BCUT2D eigenvalue weighted by molar-refractivity contribution is -0.109. The van der Waals surface area contributed by atoms with Crippen molar-refractivity contribution in [2.75, 3.05) is 0 Å². The molecule has 0 fully saturated rings. The molecule has 0 amide bonds. The predicted molar refractivity (Wildman–Crippen MR) is 90.0 cm³/mol. The SMILES string of the molecule is O=CC(c1ccccc1)C1c2ccccc2Oc2ccccc21. The maximum absolute atomic E-state index is 12.0. The third-order valence-electron chi connectivity index (χ3n) is 4.42. The molecule has 2 nitrogen and oxygen atoms in total. The summed E-state index contributed by atoms with van der Waals surface area (Å²) in [5.74, 6) is 1.40. The van der Waals surface area contributed by atoms with Crippen LogP contribution < -0.4 is 4.74 Å². The summed E-state index contributed by atoms with van der Waals surface area (Å²) in [6.07, 6.45) is 1.05. The number of aldehydes is 1.